The molecule has 3 rings (SSSR count). The number of anilines is 2. The molecule has 0 bridgehead atoms. The van der Waals surface area contributed by atoms with Gasteiger partial charge in [-0.2, -0.15) is 0 Å². The van der Waals surface area contributed by atoms with E-state index in [9.17, 15) is 13.2 Å². The topological polar surface area (TPSA) is 137 Å². The molecule has 33 heavy (non-hydrogen) atoms. The average Bonchev–Trinajstić information content (AvgIpc) is 3.09. The maximum Gasteiger partial charge on any atom is 0.413 e. The molecule has 0 aliphatic rings. The summed E-state index contributed by atoms with van der Waals surface area (Å²) in [4.78, 5) is 17.0. The summed E-state index contributed by atoms with van der Waals surface area (Å²) in [7, 11) is -0.218. The molecule has 0 radical (unpaired) electrons. The van der Waals surface area contributed by atoms with Crippen LogP contribution in [0.25, 0.3) is 11.4 Å². The minimum atomic E-state index is -3.44. The monoisotopic (exact) mass is 474 g/mol. The van der Waals surface area contributed by atoms with Crippen molar-refractivity contribution in [1.29, 1.82) is 0 Å². The lowest BCUT2D eigenvalue weighted by molar-refractivity contribution is 0.118. The summed E-state index contributed by atoms with van der Waals surface area (Å²) in [6.45, 7) is 3.83. The van der Waals surface area contributed by atoms with Crippen LogP contribution < -0.4 is 10.0 Å². The summed E-state index contributed by atoms with van der Waals surface area (Å²) < 4.78 is 37.6. The van der Waals surface area contributed by atoms with Crippen molar-refractivity contribution in [1.82, 2.24) is 20.0 Å². The number of aromatic nitrogens is 4. The van der Waals surface area contributed by atoms with Crippen molar-refractivity contribution in [2.75, 3.05) is 23.4 Å². The van der Waals surface area contributed by atoms with Crippen LogP contribution in [0.2, 0.25) is 0 Å². The number of aryl methyl sites for hydroxylation is 2. The molecule has 176 valence electrons. The lowest BCUT2D eigenvalue weighted by atomic mass is 10.0. The number of hydrogen-bond donors (Lipinski definition) is 2. The molecule has 0 spiro atoms. The van der Waals surface area contributed by atoms with Gasteiger partial charge in [-0.05, 0) is 37.1 Å². The Hall–Kier alpha value is -3.51. The number of amides is 1. The van der Waals surface area contributed by atoms with E-state index in [2.05, 4.69) is 25.3 Å². The molecule has 1 amide bonds. The van der Waals surface area contributed by atoms with Gasteiger partial charge >= 0.3 is 6.09 Å². The van der Waals surface area contributed by atoms with Gasteiger partial charge in [-0.15, -0.1) is 5.10 Å². The normalized spacial score (nSPS) is 12.3. The summed E-state index contributed by atoms with van der Waals surface area (Å²) in [5.74, 6) is 0.285. The molecule has 0 saturated heterocycles. The third-order valence-corrected chi connectivity index (χ3v) is 5.34. The largest absolute Gasteiger partial charge is 0.441 e. The van der Waals surface area contributed by atoms with Crippen molar-refractivity contribution in [3.05, 3.63) is 53.2 Å². The zero-order valence-corrected chi connectivity index (χ0v) is 19.8. The zero-order valence-electron chi connectivity index (χ0n) is 19.0. The van der Waals surface area contributed by atoms with Crippen LogP contribution in [-0.2, 0) is 33.2 Å². The molecule has 1 atom stereocenters. The number of sulfonamides is 1. The molecule has 0 unspecified atom stereocenters. The van der Waals surface area contributed by atoms with E-state index in [1.807, 2.05) is 24.3 Å². The minimum Gasteiger partial charge on any atom is -0.441 e. The van der Waals surface area contributed by atoms with E-state index in [0.717, 1.165) is 17.4 Å². The number of nitrogens with zero attached hydrogens (tertiary/aromatic N) is 4. The van der Waals surface area contributed by atoms with Gasteiger partial charge in [0.25, 0.3) is 0 Å². The number of carbonyl (C=O) groups excluding carboxylic acids is 1. The molecule has 0 fully saturated rings. The molecule has 2 heterocycles. The molecule has 11 nitrogen and oxygen atoms in total. The van der Waals surface area contributed by atoms with E-state index in [1.165, 1.54) is 4.68 Å². The van der Waals surface area contributed by atoms with E-state index in [0.29, 0.717) is 29.4 Å². The van der Waals surface area contributed by atoms with Gasteiger partial charge in [-0.3, -0.25) is 10.0 Å². The van der Waals surface area contributed by atoms with Gasteiger partial charge in [0, 0.05) is 14.2 Å². The highest BCUT2D eigenvalue weighted by Gasteiger charge is 2.21. The Morgan fingerprint density at radius 1 is 1.21 bits per heavy atom. The van der Waals surface area contributed by atoms with E-state index in [4.69, 9.17) is 9.47 Å². The number of pyridine rings is 1. The molecule has 0 aliphatic carbocycles. The fraction of sp³-hybridized carbons (Fsp3) is 0.333. The molecule has 2 aromatic heterocycles. The number of rotatable bonds is 8. The number of nitrogens with one attached hydrogen (secondary N) is 2. The van der Waals surface area contributed by atoms with Crippen molar-refractivity contribution in [2.45, 2.75) is 26.6 Å². The van der Waals surface area contributed by atoms with E-state index in [1.54, 1.807) is 40.1 Å². The number of methoxy groups -OCH3 is 1. The van der Waals surface area contributed by atoms with Crippen LogP contribution >= 0.6 is 0 Å². The van der Waals surface area contributed by atoms with Crippen molar-refractivity contribution >= 4 is 27.6 Å². The molecule has 2 N–H and O–H groups in total. The van der Waals surface area contributed by atoms with Crippen molar-refractivity contribution in [2.24, 2.45) is 7.05 Å². The Labute approximate surface area is 192 Å². The Balaban J connectivity index is 1.79. The van der Waals surface area contributed by atoms with E-state index < -0.39 is 22.2 Å². The smallest absolute Gasteiger partial charge is 0.413 e. The molecule has 0 saturated carbocycles. The quantitative estimate of drug-likeness (QED) is 0.508. The highest BCUT2D eigenvalue weighted by molar-refractivity contribution is 7.92. The predicted octanol–water partition coefficient (Wildman–Crippen LogP) is 3.01. The third kappa shape index (κ3) is 6.05. The van der Waals surface area contributed by atoms with Crippen LogP contribution in [0.5, 0.6) is 0 Å². The Kier molecular flexibility index (Phi) is 7.29. The second-order valence-corrected chi connectivity index (χ2v) is 9.17. The van der Waals surface area contributed by atoms with Gasteiger partial charge in [-0.1, -0.05) is 29.5 Å². The first-order valence-corrected chi connectivity index (χ1v) is 11.9. The summed E-state index contributed by atoms with van der Waals surface area (Å²) >= 11 is 0. The summed E-state index contributed by atoms with van der Waals surface area (Å²) in [5.41, 5.74) is 3.28. The van der Waals surface area contributed by atoms with Gasteiger partial charge in [0.2, 0.25) is 10.0 Å². The van der Waals surface area contributed by atoms with Crippen molar-refractivity contribution in [3.63, 3.8) is 0 Å². The van der Waals surface area contributed by atoms with Crippen LogP contribution in [0, 0.1) is 6.92 Å². The maximum atomic E-state index is 12.6. The van der Waals surface area contributed by atoms with Gasteiger partial charge in [0.05, 0.1) is 29.9 Å². The van der Waals surface area contributed by atoms with E-state index >= 15 is 0 Å². The lowest BCUT2D eigenvalue weighted by Gasteiger charge is -2.17. The minimum absolute atomic E-state index is 0.285. The van der Waals surface area contributed by atoms with Gasteiger partial charge in [-0.25, -0.2) is 22.9 Å². The van der Waals surface area contributed by atoms with E-state index in [-0.39, 0.29) is 5.82 Å². The number of ether oxygens (including phenoxy) is 2. The SMILES string of the molecule is COCc1ccccc1[C@@H](C)OC(=O)Nc1c(-c2ccc(NS(C)(=O)=O)c(C)n2)nnn1C. The fourth-order valence-electron chi connectivity index (χ4n) is 3.24. The molecule has 3 aromatic rings. The molecule has 0 aliphatic heterocycles. The van der Waals surface area contributed by atoms with Gasteiger partial charge in [0.1, 0.15) is 6.10 Å². The van der Waals surface area contributed by atoms with Crippen LogP contribution in [0.1, 0.15) is 29.8 Å². The number of benzene rings is 1. The lowest BCUT2D eigenvalue weighted by Crippen LogP contribution is -2.19. The van der Waals surface area contributed by atoms with Crippen LogP contribution in [0.15, 0.2) is 36.4 Å². The second-order valence-electron chi connectivity index (χ2n) is 7.42. The van der Waals surface area contributed by atoms with Crippen LogP contribution in [-0.4, -0.2) is 47.9 Å². The second kappa shape index (κ2) is 9.96. The first-order valence-electron chi connectivity index (χ1n) is 9.99. The summed E-state index contributed by atoms with van der Waals surface area (Å²) in [6, 6.07) is 10.7. The van der Waals surface area contributed by atoms with Crippen LogP contribution in [0.3, 0.4) is 0 Å². The maximum absolute atomic E-state index is 12.6. The van der Waals surface area contributed by atoms with Crippen LogP contribution in [0.4, 0.5) is 16.3 Å². The van der Waals surface area contributed by atoms with Gasteiger partial charge in [0.15, 0.2) is 11.5 Å². The Morgan fingerprint density at radius 2 is 1.94 bits per heavy atom. The molecule has 12 heteroatoms. The molecule has 1 aromatic carbocycles. The number of hydrogen-bond acceptors (Lipinski definition) is 8. The standard InChI is InChI=1S/C21H26N6O5S/c1-13-17(25-33(5,29)30)10-11-18(22-13)19-20(27(3)26-24-19)23-21(28)32-14(2)16-9-7-6-8-15(16)12-31-4/h6-11,14,25H,12H2,1-5H3,(H,23,28)/t14-/m1/s1. The Bertz CT molecular complexity index is 1260. The first-order chi connectivity index (χ1) is 15.6. The van der Waals surface area contributed by atoms with Gasteiger partial charge < -0.3 is 9.47 Å². The van der Waals surface area contributed by atoms with Crippen molar-refractivity contribution < 1.29 is 22.7 Å². The van der Waals surface area contributed by atoms with Crippen molar-refractivity contribution in [3.8, 4) is 11.4 Å². The Morgan fingerprint density at radius 3 is 2.61 bits per heavy atom. The molecular formula is C21H26N6O5S. The average molecular weight is 475 g/mol. The highest BCUT2D eigenvalue weighted by atomic mass is 32.2. The number of carbonyl (C=O) groups is 1. The molecular weight excluding hydrogens is 448 g/mol. The summed E-state index contributed by atoms with van der Waals surface area (Å²) in [5, 5.41) is 10.7. The fourth-order valence-corrected chi connectivity index (χ4v) is 3.85. The zero-order chi connectivity index (χ0) is 24.2. The predicted molar refractivity (Wildman–Crippen MR) is 123 cm³/mol. The first kappa shape index (κ1) is 24.1. The summed E-state index contributed by atoms with van der Waals surface area (Å²) in [6.07, 6.45) is -0.151. The highest BCUT2D eigenvalue weighted by Crippen LogP contribution is 2.27. The third-order valence-electron chi connectivity index (χ3n) is 4.75.